The molecule has 1 heterocycles. The minimum atomic E-state index is -0.364. The zero-order valence-electron chi connectivity index (χ0n) is 11.5. The third-order valence-electron chi connectivity index (χ3n) is 4.02. The molecule has 0 aliphatic heterocycles. The Labute approximate surface area is 113 Å². The highest BCUT2D eigenvalue weighted by Crippen LogP contribution is 2.42. The van der Waals surface area contributed by atoms with Crippen LogP contribution < -0.4 is 0 Å². The summed E-state index contributed by atoms with van der Waals surface area (Å²) in [5, 5.41) is 2.16. The normalized spacial score (nSPS) is 18.9. The SMILES string of the molecule is COC(=O)C1(c2csc(C(C)C)c2)CCCCC1. The van der Waals surface area contributed by atoms with Gasteiger partial charge in [0.25, 0.3) is 0 Å². The fourth-order valence-electron chi connectivity index (χ4n) is 2.87. The third kappa shape index (κ3) is 2.33. The van der Waals surface area contributed by atoms with E-state index in [0.717, 1.165) is 25.7 Å². The van der Waals surface area contributed by atoms with Gasteiger partial charge in [-0.05, 0) is 35.8 Å². The first-order valence-electron chi connectivity index (χ1n) is 6.77. The van der Waals surface area contributed by atoms with Crippen LogP contribution in [0.1, 0.15) is 62.3 Å². The minimum absolute atomic E-state index is 0.0460. The van der Waals surface area contributed by atoms with Crippen molar-refractivity contribution < 1.29 is 9.53 Å². The molecule has 3 heteroatoms. The lowest BCUT2D eigenvalue weighted by Gasteiger charge is -2.34. The van der Waals surface area contributed by atoms with Crippen molar-refractivity contribution in [2.24, 2.45) is 0 Å². The number of carbonyl (C=O) groups excluding carboxylic acids is 1. The van der Waals surface area contributed by atoms with E-state index in [1.54, 1.807) is 11.3 Å². The van der Waals surface area contributed by atoms with Crippen molar-refractivity contribution in [2.75, 3.05) is 7.11 Å². The van der Waals surface area contributed by atoms with Gasteiger partial charge in [0.1, 0.15) is 0 Å². The van der Waals surface area contributed by atoms with Gasteiger partial charge in [-0.3, -0.25) is 4.79 Å². The summed E-state index contributed by atoms with van der Waals surface area (Å²) in [5.74, 6) is 0.484. The molecule has 1 saturated carbocycles. The zero-order valence-corrected chi connectivity index (χ0v) is 12.3. The summed E-state index contributed by atoms with van der Waals surface area (Å²) in [6, 6.07) is 2.22. The lowest BCUT2D eigenvalue weighted by Crippen LogP contribution is -2.38. The lowest BCUT2D eigenvalue weighted by molar-refractivity contribution is -0.149. The molecule has 0 N–H and O–H groups in total. The standard InChI is InChI=1S/C15H22O2S/c1-11(2)13-9-12(10-18-13)15(14(16)17-3)7-5-4-6-8-15/h9-11H,4-8H2,1-3H3. The average Bonchev–Trinajstić information content (AvgIpc) is 2.88. The van der Waals surface area contributed by atoms with Crippen LogP contribution in [-0.4, -0.2) is 13.1 Å². The highest BCUT2D eigenvalue weighted by Gasteiger charge is 2.42. The quantitative estimate of drug-likeness (QED) is 0.765. The van der Waals surface area contributed by atoms with Gasteiger partial charge in [0.15, 0.2) is 0 Å². The van der Waals surface area contributed by atoms with Crippen molar-refractivity contribution in [1.29, 1.82) is 0 Å². The van der Waals surface area contributed by atoms with Gasteiger partial charge in [0, 0.05) is 4.88 Å². The molecule has 0 bridgehead atoms. The van der Waals surface area contributed by atoms with Crippen LogP contribution in [-0.2, 0) is 14.9 Å². The summed E-state index contributed by atoms with van der Waals surface area (Å²) in [4.78, 5) is 13.6. The summed E-state index contributed by atoms with van der Waals surface area (Å²) >= 11 is 1.77. The van der Waals surface area contributed by atoms with Crippen molar-refractivity contribution in [3.63, 3.8) is 0 Å². The number of hydrogen-bond acceptors (Lipinski definition) is 3. The summed E-state index contributed by atoms with van der Waals surface area (Å²) < 4.78 is 5.08. The Morgan fingerprint density at radius 2 is 2.00 bits per heavy atom. The Kier molecular flexibility index (Phi) is 4.10. The molecule has 0 radical (unpaired) electrons. The maximum Gasteiger partial charge on any atom is 0.316 e. The van der Waals surface area contributed by atoms with Crippen molar-refractivity contribution in [3.8, 4) is 0 Å². The number of rotatable bonds is 3. The second-order valence-electron chi connectivity index (χ2n) is 5.53. The number of hydrogen-bond donors (Lipinski definition) is 0. The molecule has 0 atom stereocenters. The fraction of sp³-hybridized carbons (Fsp3) is 0.667. The van der Waals surface area contributed by atoms with Crippen molar-refractivity contribution in [2.45, 2.75) is 57.3 Å². The van der Waals surface area contributed by atoms with Gasteiger partial charge < -0.3 is 4.74 Å². The van der Waals surface area contributed by atoms with Crippen molar-refractivity contribution >= 4 is 17.3 Å². The number of ether oxygens (including phenoxy) is 1. The van der Waals surface area contributed by atoms with Crippen LogP contribution >= 0.6 is 11.3 Å². The van der Waals surface area contributed by atoms with Gasteiger partial charge in [0.05, 0.1) is 12.5 Å². The Balaban J connectivity index is 2.35. The molecule has 0 saturated heterocycles. The Morgan fingerprint density at radius 1 is 1.33 bits per heavy atom. The summed E-state index contributed by atoms with van der Waals surface area (Å²) in [6.45, 7) is 4.39. The van der Waals surface area contributed by atoms with Gasteiger partial charge in [-0.15, -0.1) is 11.3 Å². The van der Waals surface area contributed by atoms with E-state index in [-0.39, 0.29) is 11.4 Å². The predicted octanol–water partition coefficient (Wildman–Crippen LogP) is 4.25. The Bertz CT molecular complexity index is 414. The van der Waals surface area contributed by atoms with E-state index in [1.165, 1.54) is 24.0 Å². The Hall–Kier alpha value is -0.830. The maximum atomic E-state index is 12.3. The smallest absolute Gasteiger partial charge is 0.316 e. The minimum Gasteiger partial charge on any atom is -0.468 e. The molecule has 2 rings (SSSR count). The molecule has 0 amide bonds. The number of esters is 1. The molecular weight excluding hydrogens is 244 g/mol. The Morgan fingerprint density at radius 3 is 2.50 bits per heavy atom. The van der Waals surface area contributed by atoms with E-state index >= 15 is 0 Å². The first-order valence-corrected chi connectivity index (χ1v) is 7.65. The first kappa shape index (κ1) is 13.6. The predicted molar refractivity (Wildman–Crippen MR) is 75.2 cm³/mol. The van der Waals surface area contributed by atoms with Crippen LogP contribution in [0.2, 0.25) is 0 Å². The number of carbonyl (C=O) groups is 1. The topological polar surface area (TPSA) is 26.3 Å². The van der Waals surface area contributed by atoms with Crippen LogP contribution in [0.25, 0.3) is 0 Å². The van der Waals surface area contributed by atoms with Crippen molar-refractivity contribution in [3.05, 3.63) is 21.9 Å². The summed E-state index contributed by atoms with van der Waals surface area (Å²) in [5.41, 5.74) is 0.819. The van der Waals surface area contributed by atoms with E-state index in [9.17, 15) is 4.79 Å². The number of methoxy groups -OCH3 is 1. The van der Waals surface area contributed by atoms with Gasteiger partial charge in [-0.1, -0.05) is 33.1 Å². The highest BCUT2D eigenvalue weighted by atomic mass is 32.1. The van der Waals surface area contributed by atoms with E-state index in [1.807, 2.05) is 0 Å². The summed E-state index contributed by atoms with van der Waals surface area (Å²) in [6.07, 6.45) is 5.37. The molecule has 18 heavy (non-hydrogen) atoms. The highest BCUT2D eigenvalue weighted by molar-refractivity contribution is 7.10. The second-order valence-corrected chi connectivity index (χ2v) is 6.47. The molecule has 1 aromatic rings. The zero-order chi connectivity index (χ0) is 13.2. The van der Waals surface area contributed by atoms with Crippen LogP contribution in [0.15, 0.2) is 11.4 Å². The van der Waals surface area contributed by atoms with Crippen LogP contribution in [0, 0.1) is 0 Å². The van der Waals surface area contributed by atoms with Crippen LogP contribution in [0.4, 0.5) is 0 Å². The molecule has 0 spiro atoms. The van der Waals surface area contributed by atoms with Gasteiger partial charge in [-0.25, -0.2) is 0 Å². The van der Waals surface area contributed by atoms with Crippen LogP contribution in [0.3, 0.4) is 0 Å². The first-order chi connectivity index (χ1) is 8.60. The summed E-state index contributed by atoms with van der Waals surface area (Å²) in [7, 11) is 1.51. The van der Waals surface area contributed by atoms with Crippen molar-refractivity contribution in [1.82, 2.24) is 0 Å². The largest absolute Gasteiger partial charge is 0.468 e. The third-order valence-corrected chi connectivity index (χ3v) is 5.26. The average molecular weight is 266 g/mol. The van der Waals surface area contributed by atoms with E-state index in [0.29, 0.717) is 5.92 Å². The number of thiophene rings is 1. The molecule has 0 aromatic carbocycles. The molecule has 1 aliphatic carbocycles. The molecule has 1 fully saturated rings. The van der Waals surface area contributed by atoms with E-state index < -0.39 is 0 Å². The fourth-order valence-corrected chi connectivity index (χ4v) is 3.89. The molecule has 1 aliphatic rings. The van der Waals surface area contributed by atoms with Gasteiger partial charge >= 0.3 is 5.97 Å². The second kappa shape index (κ2) is 5.43. The van der Waals surface area contributed by atoms with Gasteiger partial charge in [-0.2, -0.15) is 0 Å². The molecule has 0 unspecified atom stereocenters. The molecule has 2 nitrogen and oxygen atoms in total. The molecule has 1 aromatic heterocycles. The maximum absolute atomic E-state index is 12.3. The van der Waals surface area contributed by atoms with E-state index in [2.05, 4.69) is 25.3 Å². The molecule has 100 valence electrons. The van der Waals surface area contributed by atoms with Gasteiger partial charge in [0.2, 0.25) is 0 Å². The van der Waals surface area contributed by atoms with Crippen LogP contribution in [0.5, 0.6) is 0 Å². The molecular formula is C15H22O2S. The lowest BCUT2D eigenvalue weighted by atomic mass is 9.70. The van der Waals surface area contributed by atoms with E-state index in [4.69, 9.17) is 4.74 Å². The monoisotopic (exact) mass is 266 g/mol.